The number of benzene rings is 2. The second-order valence-corrected chi connectivity index (χ2v) is 6.77. The molecular weight excluding hydrogens is 385 g/mol. The minimum Gasteiger partial charge on any atom is -0.354 e. The van der Waals surface area contributed by atoms with E-state index in [1.54, 1.807) is 0 Å². The van der Waals surface area contributed by atoms with Gasteiger partial charge in [0, 0.05) is 5.56 Å². The molecule has 3 rings (SSSR count). The first kappa shape index (κ1) is 18.6. The van der Waals surface area contributed by atoms with Crippen LogP contribution in [0.5, 0.6) is 0 Å². The number of rotatable bonds is 4. The van der Waals surface area contributed by atoms with Crippen LogP contribution in [0.15, 0.2) is 51.9 Å². The Morgan fingerprint density at radius 2 is 1.89 bits per heavy atom. The molecule has 1 N–H and O–H groups in total. The molecule has 0 bridgehead atoms. The quantitative estimate of drug-likeness (QED) is 0.665. The highest BCUT2D eigenvalue weighted by Gasteiger charge is 2.27. The zero-order valence-electron chi connectivity index (χ0n) is 13.2. The van der Waals surface area contributed by atoms with Gasteiger partial charge in [-0.2, -0.15) is 13.7 Å². The normalized spacial score (nSPS) is 11.6. The third-order valence-electron chi connectivity index (χ3n) is 3.68. The molecule has 1 heterocycles. The topological polar surface area (TPSA) is 104 Å². The molecule has 3 aromatic rings. The smallest absolute Gasteiger partial charge is 0.298 e. The molecule has 0 unspecified atom stereocenters. The van der Waals surface area contributed by atoms with Gasteiger partial charge < -0.3 is 4.52 Å². The molecule has 2 aromatic carbocycles. The zero-order chi connectivity index (χ0) is 19.8. The van der Waals surface area contributed by atoms with E-state index in [2.05, 4.69) is 5.16 Å². The number of hydrogen-bond donors (Lipinski definition) is 1. The van der Waals surface area contributed by atoms with Crippen molar-refractivity contribution >= 4 is 10.1 Å². The lowest BCUT2D eigenvalue weighted by Crippen LogP contribution is -2.01. The molecule has 0 atom stereocenters. The van der Waals surface area contributed by atoms with Crippen molar-refractivity contribution in [1.82, 2.24) is 5.16 Å². The monoisotopic (exact) mass is 394 g/mol. The average molecular weight is 394 g/mol. The van der Waals surface area contributed by atoms with Crippen LogP contribution in [-0.4, -0.2) is 18.1 Å². The second-order valence-electron chi connectivity index (χ2n) is 5.38. The maximum atomic E-state index is 14.1. The van der Waals surface area contributed by atoms with Crippen molar-refractivity contribution in [3.63, 3.8) is 0 Å². The third-order valence-corrected chi connectivity index (χ3v) is 4.57. The van der Waals surface area contributed by atoms with Crippen molar-refractivity contribution in [3.05, 3.63) is 59.6 Å². The van der Waals surface area contributed by atoms with E-state index >= 15 is 0 Å². The molecule has 0 aliphatic heterocycles. The van der Waals surface area contributed by atoms with Gasteiger partial charge in [0.2, 0.25) is 5.76 Å². The third kappa shape index (κ3) is 3.55. The van der Waals surface area contributed by atoms with Crippen LogP contribution in [0.2, 0.25) is 0 Å². The van der Waals surface area contributed by atoms with Crippen LogP contribution in [0.3, 0.4) is 0 Å². The van der Waals surface area contributed by atoms with Gasteiger partial charge in [0.15, 0.2) is 0 Å². The van der Waals surface area contributed by atoms with Gasteiger partial charge in [-0.25, -0.2) is 13.2 Å². The highest BCUT2D eigenvalue weighted by atomic mass is 32.2. The van der Waals surface area contributed by atoms with E-state index in [-0.39, 0.29) is 27.9 Å². The largest absolute Gasteiger partial charge is 0.354 e. The molecule has 0 fully saturated rings. The van der Waals surface area contributed by atoms with Crippen molar-refractivity contribution in [3.8, 4) is 28.5 Å². The van der Waals surface area contributed by atoms with Crippen molar-refractivity contribution in [2.75, 3.05) is 0 Å². The van der Waals surface area contributed by atoms with Crippen molar-refractivity contribution in [2.24, 2.45) is 0 Å². The maximum Gasteiger partial charge on any atom is 0.298 e. The summed E-state index contributed by atoms with van der Waals surface area (Å²) in [5.74, 6) is -2.17. The number of alkyl halides is 2. The SMILES string of the molecule is N#Cc1cccc(-c2noc(C(F)F)c2-c2ccc(S(=O)(=O)O)c(F)c2)c1. The number of nitrogens with zero attached hydrogens (tertiary/aromatic N) is 2. The summed E-state index contributed by atoms with van der Waals surface area (Å²) in [4.78, 5) is -0.991. The molecule has 0 radical (unpaired) electrons. The van der Waals surface area contributed by atoms with Crippen LogP contribution >= 0.6 is 0 Å². The van der Waals surface area contributed by atoms with Crippen LogP contribution in [0.4, 0.5) is 13.2 Å². The van der Waals surface area contributed by atoms with Gasteiger partial charge in [0.05, 0.1) is 17.2 Å². The molecule has 0 saturated heterocycles. The van der Waals surface area contributed by atoms with Crippen LogP contribution in [0.1, 0.15) is 17.7 Å². The first-order valence-corrected chi connectivity index (χ1v) is 8.72. The Balaban J connectivity index is 2.25. The summed E-state index contributed by atoms with van der Waals surface area (Å²) < 4.78 is 76.7. The van der Waals surface area contributed by atoms with E-state index in [9.17, 15) is 21.6 Å². The van der Waals surface area contributed by atoms with Crippen molar-refractivity contribution in [2.45, 2.75) is 11.3 Å². The molecule has 27 heavy (non-hydrogen) atoms. The fourth-order valence-corrected chi connectivity index (χ4v) is 3.07. The molecule has 0 saturated carbocycles. The summed E-state index contributed by atoms with van der Waals surface area (Å²) in [5.41, 5.74) is 0.0722. The van der Waals surface area contributed by atoms with Crippen LogP contribution in [-0.2, 0) is 10.1 Å². The van der Waals surface area contributed by atoms with E-state index in [0.29, 0.717) is 6.07 Å². The highest BCUT2D eigenvalue weighted by molar-refractivity contribution is 7.85. The zero-order valence-corrected chi connectivity index (χ0v) is 14.0. The van der Waals surface area contributed by atoms with Crippen molar-refractivity contribution < 1.29 is 30.7 Å². The van der Waals surface area contributed by atoms with Gasteiger partial charge in [-0.05, 0) is 29.8 Å². The average Bonchev–Trinajstić information content (AvgIpc) is 3.06. The van der Waals surface area contributed by atoms with Gasteiger partial charge in [-0.15, -0.1) is 0 Å². The van der Waals surface area contributed by atoms with Gasteiger partial charge in [0.25, 0.3) is 16.5 Å². The fourth-order valence-electron chi connectivity index (χ4n) is 2.53. The minimum absolute atomic E-state index is 0.0681. The number of nitriles is 1. The number of hydrogen-bond acceptors (Lipinski definition) is 5. The van der Waals surface area contributed by atoms with E-state index in [1.807, 2.05) is 6.07 Å². The maximum absolute atomic E-state index is 14.1. The van der Waals surface area contributed by atoms with Gasteiger partial charge in [-0.3, -0.25) is 4.55 Å². The Hall–Kier alpha value is -3.16. The minimum atomic E-state index is -4.82. The number of aromatic nitrogens is 1. The lowest BCUT2D eigenvalue weighted by Gasteiger charge is -2.07. The summed E-state index contributed by atoms with van der Waals surface area (Å²) in [6, 6.07) is 10.3. The lowest BCUT2D eigenvalue weighted by atomic mass is 9.98. The Labute approximate surface area is 151 Å². The van der Waals surface area contributed by atoms with E-state index in [4.69, 9.17) is 14.3 Å². The van der Waals surface area contributed by atoms with Crippen LogP contribution in [0.25, 0.3) is 22.4 Å². The Kier molecular flexibility index (Phi) is 4.73. The molecule has 1 aromatic heterocycles. The number of halogens is 3. The Morgan fingerprint density at radius 3 is 2.48 bits per heavy atom. The van der Waals surface area contributed by atoms with Gasteiger partial charge in [-0.1, -0.05) is 23.4 Å². The fraction of sp³-hybridized carbons (Fsp3) is 0.0588. The molecule has 10 heteroatoms. The molecular formula is C17H9F3N2O4S. The van der Waals surface area contributed by atoms with E-state index in [0.717, 1.165) is 12.1 Å². The van der Waals surface area contributed by atoms with Crippen LogP contribution < -0.4 is 0 Å². The van der Waals surface area contributed by atoms with E-state index in [1.165, 1.54) is 24.3 Å². The summed E-state index contributed by atoms with van der Waals surface area (Å²) in [5, 5.41) is 12.6. The summed E-state index contributed by atoms with van der Waals surface area (Å²) >= 11 is 0. The summed E-state index contributed by atoms with van der Waals surface area (Å²) in [6.07, 6.45) is -3.08. The highest BCUT2D eigenvalue weighted by Crippen LogP contribution is 2.39. The predicted molar refractivity (Wildman–Crippen MR) is 86.8 cm³/mol. The molecule has 6 nitrogen and oxygen atoms in total. The lowest BCUT2D eigenvalue weighted by molar-refractivity contribution is 0.113. The summed E-state index contributed by atoms with van der Waals surface area (Å²) in [6.45, 7) is 0. The molecule has 0 spiro atoms. The Bertz CT molecular complexity index is 1170. The van der Waals surface area contributed by atoms with E-state index < -0.39 is 33.0 Å². The standard InChI is InChI=1S/C17H9F3N2O4S/c18-12-7-10(4-5-13(12)27(23,24)25)14-15(22-26-16(14)17(19)20)11-3-1-2-9(6-11)8-21/h1-7,17H,(H,23,24,25). The molecule has 0 aliphatic carbocycles. The molecule has 138 valence electrons. The summed E-state index contributed by atoms with van der Waals surface area (Å²) in [7, 11) is -4.82. The molecule has 0 amide bonds. The van der Waals surface area contributed by atoms with Gasteiger partial charge in [0.1, 0.15) is 16.4 Å². The molecule has 0 aliphatic rings. The first-order valence-electron chi connectivity index (χ1n) is 7.28. The van der Waals surface area contributed by atoms with Gasteiger partial charge >= 0.3 is 0 Å². The Morgan fingerprint density at radius 1 is 1.15 bits per heavy atom. The first-order chi connectivity index (χ1) is 12.7. The van der Waals surface area contributed by atoms with Crippen LogP contribution in [0, 0.1) is 17.1 Å². The van der Waals surface area contributed by atoms with Crippen molar-refractivity contribution in [1.29, 1.82) is 5.26 Å². The second kappa shape index (κ2) is 6.86. The predicted octanol–water partition coefficient (Wildman–Crippen LogP) is 4.20.